The van der Waals surface area contributed by atoms with Crippen LogP contribution in [0.15, 0.2) is 0 Å². The molecular weight excluding hydrogens is 208 g/mol. The maximum atomic E-state index is 5.68. The molecule has 0 amide bonds. The maximum absolute atomic E-state index is 5.68. The van der Waals surface area contributed by atoms with Crippen molar-refractivity contribution in [3.8, 4) is 0 Å². The normalized spacial score (nSPS) is 26.7. The zero-order valence-electron chi connectivity index (χ0n) is 9.15. The average Bonchev–Trinajstić information content (AvgIpc) is 2.30. The highest BCUT2D eigenvalue weighted by Crippen LogP contribution is 2.23. The van der Waals surface area contributed by atoms with Gasteiger partial charge in [-0.15, -0.1) is 0 Å². The van der Waals surface area contributed by atoms with Gasteiger partial charge >= 0.3 is 0 Å². The SMILES string of the molecule is NC(=S)C1CCN(C2CCOCC2)CC1. The Morgan fingerprint density at radius 2 is 1.73 bits per heavy atom. The molecule has 2 heterocycles. The fourth-order valence-electron chi connectivity index (χ4n) is 2.60. The topological polar surface area (TPSA) is 38.5 Å². The van der Waals surface area contributed by atoms with Crippen LogP contribution < -0.4 is 5.73 Å². The number of rotatable bonds is 2. The molecule has 2 saturated heterocycles. The first-order chi connectivity index (χ1) is 7.27. The van der Waals surface area contributed by atoms with Crippen molar-refractivity contribution < 1.29 is 4.74 Å². The zero-order valence-corrected chi connectivity index (χ0v) is 9.97. The molecule has 0 aromatic rings. The number of nitrogens with zero attached hydrogens (tertiary/aromatic N) is 1. The largest absolute Gasteiger partial charge is 0.393 e. The summed E-state index contributed by atoms with van der Waals surface area (Å²) < 4.78 is 5.38. The highest BCUT2D eigenvalue weighted by atomic mass is 32.1. The lowest BCUT2D eigenvalue weighted by Gasteiger charge is -2.38. The molecule has 3 nitrogen and oxygen atoms in total. The van der Waals surface area contributed by atoms with Crippen LogP contribution in [0, 0.1) is 5.92 Å². The van der Waals surface area contributed by atoms with Crippen LogP contribution in [-0.4, -0.2) is 42.2 Å². The van der Waals surface area contributed by atoms with Gasteiger partial charge in [0.05, 0.1) is 4.99 Å². The van der Waals surface area contributed by atoms with E-state index in [2.05, 4.69) is 4.90 Å². The second-order valence-electron chi connectivity index (χ2n) is 4.56. The average molecular weight is 228 g/mol. The quantitative estimate of drug-likeness (QED) is 0.720. The summed E-state index contributed by atoms with van der Waals surface area (Å²) in [6.07, 6.45) is 4.68. The predicted octanol–water partition coefficient (Wildman–Crippen LogP) is 1.16. The van der Waals surface area contributed by atoms with Crippen LogP contribution in [0.1, 0.15) is 25.7 Å². The standard InChI is InChI=1S/C11H20N2OS/c12-11(15)9-1-5-13(6-2-9)10-3-7-14-8-4-10/h9-10H,1-8H2,(H2,12,15). The summed E-state index contributed by atoms with van der Waals surface area (Å²) in [4.78, 5) is 3.30. The lowest BCUT2D eigenvalue weighted by molar-refractivity contribution is 0.0247. The highest BCUT2D eigenvalue weighted by molar-refractivity contribution is 7.80. The molecule has 2 aliphatic heterocycles. The van der Waals surface area contributed by atoms with Gasteiger partial charge in [-0.25, -0.2) is 0 Å². The fraction of sp³-hybridized carbons (Fsp3) is 0.909. The van der Waals surface area contributed by atoms with E-state index in [0.29, 0.717) is 10.9 Å². The Bertz CT molecular complexity index is 221. The van der Waals surface area contributed by atoms with Crippen molar-refractivity contribution in [3.05, 3.63) is 0 Å². The summed E-state index contributed by atoms with van der Waals surface area (Å²) in [5.41, 5.74) is 5.68. The van der Waals surface area contributed by atoms with E-state index < -0.39 is 0 Å². The summed E-state index contributed by atoms with van der Waals surface area (Å²) in [5.74, 6) is 0.482. The van der Waals surface area contributed by atoms with Gasteiger partial charge in [0.25, 0.3) is 0 Å². The van der Waals surface area contributed by atoms with Gasteiger partial charge in [0.2, 0.25) is 0 Å². The molecule has 0 aromatic heterocycles. The Labute approximate surface area is 96.9 Å². The molecule has 4 heteroatoms. The molecule has 0 bridgehead atoms. The van der Waals surface area contributed by atoms with Crippen molar-refractivity contribution in [1.29, 1.82) is 0 Å². The fourth-order valence-corrected chi connectivity index (χ4v) is 2.84. The van der Waals surface area contributed by atoms with Crippen molar-refractivity contribution in [2.75, 3.05) is 26.3 Å². The van der Waals surface area contributed by atoms with Crippen LogP contribution >= 0.6 is 12.2 Å². The lowest BCUT2D eigenvalue weighted by Crippen LogP contribution is -2.45. The number of piperidine rings is 1. The van der Waals surface area contributed by atoms with Crippen molar-refractivity contribution in [3.63, 3.8) is 0 Å². The molecule has 86 valence electrons. The minimum Gasteiger partial charge on any atom is -0.393 e. The predicted molar refractivity (Wildman–Crippen MR) is 64.9 cm³/mol. The van der Waals surface area contributed by atoms with E-state index in [1.807, 2.05) is 0 Å². The summed E-state index contributed by atoms with van der Waals surface area (Å²) in [7, 11) is 0. The number of hydrogen-bond donors (Lipinski definition) is 1. The molecule has 2 fully saturated rings. The molecule has 0 unspecified atom stereocenters. The van der Waals surface area contributed by atoms with Gasteiger partial charge in [-0.1, -0.05) is 12.2 Å². The molecule has 2 aliphatic rings. The van der Waals surface area contributed by atoms with E-state index in [1.165, 1.54) is 12.8 Å². The van der Waals surface area contributed by atoms with E-state index in [-0.39, 0.29) is 0 Å². The Morgan fingerprint density at radius 1 is 1.13 bits per heavy atom. The summed E-state index contributed by atoms with van der Waals surface area (Å²) in [6, 6.07) is 0.742. The summed E-state index contributed by atoms with van der Waals surface area (Å²) >= 11 is 5.05. The van der Waals surface area contributed by atoms with E-state index in [9.17, 15) is 0 Å². The summed E-state index contributed by atoms with van der Waals surface area (Å²) in [5, 5.41) is 0. The Hall–Kier alpha value is -0.190. The van der Waals surface area contributed by atoms with Gasteiger partial charge in [0.15, 0.2) is 0 Å². The van der Waals surface area contributed by atoms with E-state index in [4.69, 9.17) is 22.7 Å². The molecule has 0 spiro atoms. The first kappa shape index (κ1) is 11.3. The van der Waals surface area contributed by atoms with Gasteiger partial charge in [0, 0.05) is 25.2 Å². The van der Waals surface area contributed by atoms with E-state index in [1.54, 1.807) is 0 Å². The molecule has 15 heavy (non-hydrogen) atoms. The van der Waals surface area contributed by atoms with Crippen LogP contribution in [-0.2, 0) is 4.74 Å². The molecule has 0 aromatic carbocycles. The maximum Gasteiger partial charge on any atom is 0.0759 e. The van der Waals surface area contributed by atoms with Crippen molar-refractivity contribution in [2.24, 2.45) is 11.7 Å². The zero-order chi connectivity index (χ0) is 10.7. The Balaban J connectivity index is 1.79. The number of nitrogens with two attached hydrogens (primary N) is 1. The first-order valence-corrected chi connectivity index (χ1v) is 6.29. The van der Waals surface area contributed by atoms with Crippen molar-refractivity contribution in [2.45, 2.75) is 31.7 Å². The van der Waals surface area contributed by atoms with Crippen molar-refractivity contribution in [1.82, 2.24) is 4.90 Å². The van der Waals surface area contributed by atoms with Gasteiger partial charge in [-0.2, -0.15) is 0 Å². The molecule has 2 rings (SSSR count). The van der Waals surface area contributed by atoms with Gasteiger partial charge < -0.3 is 15.4 Å². The number of likely N-dealkylation sites (tertiary alicyclic amines) is 1. The molecule has 0 atom stereocenters. The molecule has 0 saturated carbocycles. The molecule has 2 N–H and O–H groups in total. The minimum absolute atomic E-state index is 0.482. The Kier molecular flexibility index (Phi) is 3.94. The number of ether oxygens (including phenoxy) is 1. The van der Waals surface area contributed by atoms with E-state index in [0.717, 1.165) is 45.2 Å². The number of thiocarbonyl (C=S) groups is 1. The Morgan fingerprint density at radius 3 is 2.27 bits per heavy atom. The first-order valence-electron chi connectivity index (χ1n) is 5.88. The van der Waals surface area contributed by atoms with Crippen molar-refractivity contribution >= 4 is 17.2 Å². The molecule has 0 radical (unpaired) electrons. The number of hydrogen-bond acceptors (Lipinski definition) is 3. The van der Waals surface area contributed by atoms with Crippen LogP contribution in [0.2, 0.25) is 0 Å². The van der Waals surface area contributed by atoms with E-state index >= 15 is 0 Å². The van der Waals surface area contributed by atoms with Crippen LogP contribution in [0.3, 0.4) is 0 Å². The molecule has 0 aliphatic carbocycles. The minimum atomic E-state index is 0.482. The van der Waals surface area contributed by atoms with Crippen LogP contribution in [0.25, 0.3) is 0 Å². The second-order valence-corrected chi connectivity index (χ2v) is 5.03. The lowest BCUT2D eigenvalue weighted by atomic mass is 9.94. The smallest absolute Gasteiger partial charge is 0.0759 e. The van der Waals surface area contributed by atoms with Crippen LogP contribution in [0.5, 0.6) is 0 Å². The third-order valence-corrected chi connectivity index (χ3v) is 3.97. The third-order valence-electron chi connectivity index (χ3n) is 3.64. The molecular formula is C11H20N2OS. The highest BCUT2D eigenvalue weighted by Gasteiger charge is 2.27. The third kappa shape index (κ3) is 2.89. The van der Waals surface area contributed by atoms with Gasteiger partial charge in [0.1, 0.15) is 0 Å². The van der Waals surface area contributed by atoms with Crippen LogP contribution in [0.4, 0.5) is 0 Å². The second kappa shape index (κ2) is 5.23. The summed E-state index contributed by atoms with van der Waals surface area (Å²) in [6.45, 7) is 4.18. The van der Waals surface area contributed by atoms with Gasteiger partial charge in [-0.3, -0.25) is 0 Å². The monoisotopic (exact) mass is 228 g/mol. The van der Waals surface area contributed by atoms with Gasteiger partial charge in [-0.05, 0) is 38.8 Å².